The number of para-hydroxylation sites is 1. The highest BCUT2D eigenvalue weighted by atomic mass is 127. The molecule has 7 heteroatoms. The highest BCUT2D eigenvalue weighted by Gasteiger charge is 2.14. The molecule has 0 atom stereocenters. The fraction of sp³-hybridized carbons (Fsp3) is 0.409. The van der Waals surface area contributed by atoms with Crippen LogP contribution in [0.5, 0.6) is 5.75 Å². The van der Waals surface area contributed by atoms with E-state index in [1.807, 2.05) is 18.2 Å². The van der Waals surface area contributed by atoms with E-state index < -0.39 is 0 Å². The van der Waals surface area contributed by atoms with Crippen molar-refractivity contribution in [3.05, 3.63) is 59.7 Å². The Balaban J connectivity index is 0.00000300. The first-order valence-corrected chi connectivity index (χ1v) is 9.86. The van der Waals surface area contributed by atoms with Crippen molar-refractivity contribution in [3.63, 3.8) is 0 Å². The van der Waals surface area contributed by atoms with Crippen LogP contribution < -0.4 is 20.3 Å². The lowest BCUT2D eigenvalue weighted by Gasteiger charge is -2.30. The lowest BCUT2D eigenvalue weighted by Crippen LogP contribution is -2.39. The number of anilines is 1. The van der Waals surface area contributed by atoms with Crippen molar-refractivity contribution in [2.75, 3.05) is 44.9 Å². The summed E-state index contributed by atoms with van der Waals surface area (Å²) in [6, 6.07) is 16.5. The van der Waals surface area contributed by atoms with E-state index in [-0.39, 0.29) is 24.0 Å². The predicted octanol–water partition coefficient (Wildman–Crippen LogP) is 3.41. The summed E-state index contributed by atoms with van der Waals surface area (Å²) < 4.78 is 10.8. The maximum Gasteiger partial charge on any atom is 0.191 e. The molecule has 2 aromatic carbocycles. The van der Waals surface area contributed by atoms with Crippen LogP contribution in [0.1, 0.15) is 18.1 Å². The minimum absolute atomic E-state index is 0. The van der Waals surface area contributed by atoms with Crippen LogP contribution in [0.2, 0.25) is 0 Å². The Morgan fingerprint density at radius 3 is 2.66 bits per heavy atom. The molecule has 1 fully saturated rings. The number of guanidine groups is 1. The Labute approximate surface area is 190 Å². The molecule has 3 rings (SSSR count). The summed E-state index contributed by atoms with van der Waals surface area (Å²) in [6.45, 7) is 7.63. The number of nitrogens with one attached hydrogen (secondary N) is 2. The Kier molecular flexibility index (Phi) is 10.1. The van der Waals surface area contributed by atoms with Crippen LogP contribution >= 0.6 is 24.0 Å². The second-order valence-corrected chi connectivity index (χ2v) is 6.63. The van der Waals surface area contributed by atoms with Crippen LogP contribution in [0.15, 0.2) is 53.5 Å². The van der Waals surface area contributed by atoms with Crippen molar-refractivity contribution in [2.24, 2.45) is 4.99 Å². The molecule has 29 heavy (non-hydrogen) atoms. The summed E-state index contributed by atoms with van der Waals surface area (Å²) in [5, 5.41) is 6.79. The summed E-state index contributed by atoms with van der Waals surface area (Å²) in [7, 11) is 1.68. The molecule has 1 saturated heterocycles. The summed E-state index contributed by atoms with van der Waals surface area (Å²) in [4.78, 5) is 7.11. The molecular weight excluding hydrogens is 479 g/mol. The third kappa shape index (κ3) is 7.08. The van der Waals surface area contributed by atoms with Crippen LogP contribution in [-0.2, 0) is 17.8 Å². The minimum Gasteiger partial charge on any atom is -0.497 e. The van der Waals surface area contributed by atoms with Crippen LogP contribution in [0.25, 0.3) is 0 Å². The lowest BCUT2D eigenvalue weighted by atomic mass is 10.1. The third-order valence-electron chi connectivity index (χ3n) is 4.69. The number of rotatable bonds is 7. The van der Waals surface area contributed by atoms with E-state index in [9.17, 15) is 0 Å². The van der Waals surface area contributed by atoms with Gasteiger partial charge in [0.25, 0.3) is 0 Å². The lowest BCUT2D eigenvalue weighted by molar-refractivity contribution is 0.122. The molecule has 0 aliphatic carbocycles. The molecule has 6 nitrogen and oxygen atoms in total. The molecule has 158 valence electrons. The standard InChI is InChI=1S/C22H30N4O2.HI/c1-3-23-22(24-16-18-7-6-9-20(15-18)27-2)25-17-19-8-4-5-10-21(19)26-11-13-28-14-12-26;/h4-10,15H,3,11-14,16-17H2,1-2H3,(H2,23,24,25);1H. The minimum atomic E-state index is 0. The summed E-state index contributed by atoms with van der Waals surface area (Å²) >= 11 is 0. The van der Waals surface area contributed by atoms with E-state index in [4.69, 9.17) is 14.5 Å². The molecule has 2 aromatic rings. The molecule has 1 heterocycles. The highest BCUT2D eigenvalue weighted by Crippen LogP contribution is 2.21. The predicted molar refractivity (Wildman–Crippen MR) is 130 cm³/mol. The zero-order valence-electron chi connectivity index (χ0n) is 17.2. The van der Waals surface area contributed by atoms with Gasteiger partial charge in [0.2, 0.25) is 0 Å². The average molecular weight is 510 g/mol. The SMILES string of the molecule is CCNC(=NCc1cccc(OC)c1)NCc1ccccc1N1CCOCC1.I. The van der Waals surface area contributed by atoms with Gasteiger partial charge in [0.15, 0.2) is 5.96 Å². The number of morpholine rings is 1. The monoisotopic (exact) mass is 510 g/mol. The Bertz CT molecular complexity index is 779. The van der Waals surface area contributed by atoms with Crippen molar-refractivity contribution in [2.45, 2.75) is 20.0 Å². The van der Waals surface area contributed by atoms with Crippen molar-refractivity contribution >= 4 is 35.6 Å². The molecule has 0 saturated carbocycles. The normalized spacial score (nSPS) is 14.1. The van der Waals surface area contributed by atoms with E-state index in [0.717, 1.165) is 56.7 Å². The van der Waals surface area contributed by atoms with Crippen molar-refractivity contribution < 1.29 is 9.47 Å². The molecule has 1 aliphatic rings. The van der Waals surface area contributed by atoms with Gasteiger partial charge in [-0.25, -0.2) is 4.99 Å². The number of halogens is 1. The number of benzene rings is 2. The van der Waals surface area contributed by atoms with Crippen LogP contribution in [-0.4, -0.2) is 45.9 Å². The van der Waals surface area contributed by atoms with Gasteiger partial charge in [-0.1, -0.05) is 30.3 Å². The fourth-order valence-corrected chi connectivity index (χ4v) is 3.23. The third-order valence-corrected chi connectivity index (χ3v) is 4.69. The average Bonchev–Trinajstić information content (AvgIpc) is 2.76. The number of methoxy groups -OCH3 is 1. The van der Waals surface area contributed by atoms with Gasteiger partial charge in [0, 0.05) is 31.9 Å². The van der Waals surface area contributed by atoms with Crippen LogP contribution in [0.4, 0.5) is 5.69 Å². The Morgan fingerprint density at radius 1 is 1.10 bits per heavy atom. The van der Waals surface area contributed by atoms with Crippen molar-refractivity contribution in [1.29, 1.82) is 0 Å². The summed E-state index contributed by atoms with van der Waals surface area (Å²) in [5.74, 6) is 1.66. The van der Waals surface area contributed by atoms with E-state index >= 15 is 0 Å². The number of aliphatic imine (C=N–C) groups is 1. The van der Waals surface area contributed by atoms with Gasteiger partial charge in [0.1, 0.15) is 5.75 Å². The van der Waals surface area contributed by atoms with Crippen molar-refractivity contribution in [3.8, 4) is 5.75 Å². The quantitative estimate of drug-likeness (QED) is 0.340. The maximum atomic E-state index is 5.49. The first-order valence-electron chi connectivity index (χ1n) is 9.86. The smallest absolute Gasteiger partial charge is 0.191 e. The summed E-state index contributed by atoms with van der Waals surface area (Å²) in [5.41, 5.74) is 3.64. The molecule has 0 radical (unpaired) electrons. The molecule has 2 N–H and O–H groups in total. The van der Waals surface area contributed by atoms with Gasteiger partial charge in [-0.2, -0.15) is 0 Å². The molecule has 0 amide bonds. The Morgan fingerprint density at radius 2 is 1.90 bits per heavy atom. The largest absolute Gasteiger partial charge is 0.497 e. The molecule has 0 aromatic heterocycles. The van der Waals surface area contributed by atoms with E-state index in [1.54, 1.807) is 7.11 Å². The molecule has 0 spiro atoms. The van der Waals surface area contributed by atoms with Gasteiger partial charge in [0.05, 0.1) is 26.9 Å². The number of ether oxygens (including phenoxy) is 2. The van der Waals surface area contributed by atoms with Gasteiger partial charge < -0.3 is 25.0 Å². The molecule has 1 aliphatic heterocycles. The van der Waals surface area contributed by atoms with E-state index in [1.165, 1.54) is 11.3 Å². The number of hydrogen-bond acceptors (Lipinski definition) is 4. The van der Waals surface area contributed by atoms with Crippen LogP contribution in [0.3, 0.4) is 0 Å². The molecular formula is C22H31IN4O2. The maximum absolute atomic E-state index is 5.49. The highest BCUT2D eigenvalue weighted by molar-refractivity contribution is 14.0. The van der Waals surface area contributed by atoms with Crippen molar-refractivity contribution in [1.82, 2.24) is 10.6 Å². The second kappa shape index (κ2) is 12.5. The van der Waals surface area contributed by atoms with Gasteiger partial charge in [-0.05, 0) is 36.2 Å². The molecule has 0 bridgehead atoms. The number of hydrogen-bond donors (Lipinski definition) is 2. The van der Waals surface area contributed by atoms with Gasteiger partial charge in [-0.15, -0.1) is 24.0 Å². The number of nitrogens with zero attached hydrogens (tertiary/aromatic N) is 2. The second-order valence-electron chi connectivity index (χ2n) is 6.63. The van der Waals surface area contributed by atoms with Crippen LogP contribution in [0, 0.1) is 0 Å². The molecule has 0 unspecified atom stereocenters. The van der Waals surface area contributed by atoms with E-state index in [0.29, 0.717) is 6.54 Å². The Hall–Kier alpha value is -2.00. The zero-order valence-corrected chi connectivity index (χ0v) is 19.5. The first kappa shape index (κ1) is 23.3. The topological polar surface area (TPSA) is 58.1 Å². The first-order chi connectivity index (χ1) is 13.8. The van der Waals surface area contributed by atoms with Gasteiger partial charge >= 0.3 is 0 Å². The zero-order chi connectivity index (χ0) is 19.6. The fourth-order valence-electron chi connectivity index (χ4n) is 3.23. The van der Waals surface area contributed by atoms with E-state index in [2.05, 4.69) is 52.8 Å². The summed E-state index contributed by atoms with van der Waals surface area (Å²) in [6.07, 6.45) is 0. The van der Waals surface area contributed by atoms with Gasteiger partial charge in [-0.3, -0.25) is 0 Å².